The molecular formula is C14H19NO. The van der Waals surface area contributed by atoms with E-state index in [1.807, 2.05) is 24.4 Å². The summed E-state index contributed by atoms with van der Waals surface area (Å²) in [5.74, 6) is 2.57. The van der Waals surface area contributed by atoms with Gasteiger partial charge in [-0.15, -0.1) is 0 Å². The monoisotopic (exact) mass is 217 g/mol. The van der Waals surface area contributed by atoms with Crippen LogP contribution in [0.25, 0.3) is 0 Å². The van der Waals surface area contributed by atoms with Crippen LogP contribution >= 0.6 is 0 Å². The molecule has 4 unspecified atom stereocenters. The van der Waals surface area contributed by atoms with Gasteiger partial charge in [0.05, 0.1) is 6.10 Å². The molecule has 3 rings (SSSR count). The van der Waals surface area contributed by atoms with Crippen molar-refractivity contribution in [1.29, 1.82) is 0 Å². The van der Waals surface area contributed by atoms with Crippen molar-refractivity contribution in [2.45, 2.75) is 38.2 Å². The Morgan fingerprint density at radius 1 is 1.25 bits per heavy atom. The van der Waals surface area contributed by atoms with Gasteiger partial charge in [-0.2, -0.15) is 0 Å². The molecule has 0 aromatic carbocycles. The number of fused-ring (bicyclic) bond motifs is 1. The summed E-state index contributed by atoms with van der Waals surface area (Å²) in [6.07, 6.45) is 5.50. The molecule has 0 amide bonds. The van der Waals surface area contributed by atoms with E-state index in [0.717, 1.165) is 17.5 Å². The predicted molar refractivity (Wildman–Crippen MR) is 63.0 cm³/mol. The fourth-order valence-corrected chi connectivity index (χ4v) is 3.27. The van der Waals surface area contributed by atoms with E-state index in [0.29, 0.717) is 5.92 Å². The van der Waals surface area contributed by atoms with Gasteiger partial charge >= 0.3 is 0 Å². The van der Waals surface area contributed by atoms with Crippen LogP contribution in [0.5, 0.6) is 0 Å². The summed E-state index contributed by atoms with van der Waals surface area (Å²) >= 11 is 0. The molecule has 2 saturated carbocycles. The molecule has 0 radical (unpaired) electrons. The fraction of sp³-hybridized carbons (Fsp3) is 0.643. The second-order valence-electron chi connectivity index (χ2n) is 5.52. The summed E-state index contributed by atoms with van der Waals surface area (Å²) < 4.78 is 0. The van der Waals surface area contributed by atoms with Crippen LogP contribution in [0.4, 0.5) is 0 Å². The highest BCUT2D eigenvalue weighted by atomic mass is 16.3. The van der Waals surface area contributed by atoms with Gasteiger partial charge in [0.15, 0.2) is 0 Å². The average Bonchev–Trinajstić information content (AvgIpc) is 2.95. The molecule has 4 atom stereocenters. The third-order valence-corrected chi connectivity index (χ3v) is 4.43. The number of aromatic nitrogens is 1. The van der Waals surface area contributed by atoms with Crippen LogP contribution in [0.2, 0.25) is 0 Å². The molecule has 2 aliphatic rings. The Bertz CT molecular complexity index is 354. The first-order valence-electron chi connectivity index (χ1n) is 6.34. The third kappa shape index (κ3) is 1.75. The summed E-state index contributed by atoms with van der Waals surface area (Å²) in [5.41, 5.74) is 1.02. The van der Waals surface area contributed by atoms with Gasteiger partial charge in [0.2, 0.25) is 0 Å². The van der Waals surface area contributed by atoms with Crippen molar-refractivity contribution in [1.82, 2.24) is 4.98 Å². The molecule has 2 nitrogen and oxygen atoms in total. The van der Waals surface area contributed by atoms with Crippen LogP contribution in [0.1, 0.15) is 37.8 Å². The van der Waals surface area contributed by atoms with E-state index in [9.17, 15) is 5.11 Å². The summed E-state index contributed by atoms with van der Waals surface area (Å²) in [4.78, 5) is 4.34. The number of aliphatic hydroxyl groups is 1. The summed E-state index contributed by atoms with van der Waals surface area (Å²) in [6.45, 7) is 2.09. The molecule has 16 heavy (non-hydrogen) atoms. The zero-order chi connectivity index (χ0) is 11.1. The zero-order valence-electron chi connectivity index (χ0n) is 9.71. The Morgan fingerprint density at radius 2 is 2.00 bits per heavy atom. The van der Waals surface area contributed by atoms with Crippen molar-refractivity contribution < 1.29 is 5.11 Å². The average molecular weight is 217 g/mol. The lowest BCUT2D eigenvalue weighted by Gasteiger charge is -2.25. The van der Waals surface area contributed by atoms with Gasteiger partial charge < -0.3 is 5.11 Å². The van der Waals surface area contributed by atoms with Gasteiger partial charge in [-0.1, -0.05) is 13.0 Å². The van der Waals surface area contributed by atoms with Crippen molar-refractivity contribution in [2.75, 3.05) is 0 Å². The van der Waals surface area contributed by atoms with Crippen LogP contribution in [0, 0.1) is 17.8 Å². The Labute approximate surface area is 96.7 Å². The summed E-state index contributed by atoms with van der Waals surface area (Å²) in [7, 11) is 0. The smallest absolute Gasteiger partial charge is 0.0649 e. The maximum atomic E-state index is 10.4. The highest BCUT2D eigenvalue weighted by Gasteiger charge is 2.48. The molecule has 0 spiro atoms. The number of hydrogen-bond donors (Lipinski definition) is 1. The topological polar surface area (TPSA) is 33.1 Å². The Morgan fingerprint density at radius 3 is 2.62 bits per heavy atom. The van der Waals surface area contributed by atoms with Gasteiger partial charge in [0.25, 0.3) is 0 Å². The quantitative estimate of drug-likeness (QED) is 0.844. The lowest BCUT2D eigenvalue weighted by atomic mass is 9.86. The second-order valence-corrected chi connectivity index (χ2v) is 5.52. The standard InChI is InChI=1S/C14H19NO/c1-9(13-4-2-3-5-15-13)14(16)12-7-10-6-11(10)8-12/h2-5,9-12,14,16H,6-8H2,1H3. The molecule has 0 aliphatic heterocycles. The first kappa shape index (κ1) is 10.3. The van der Waals surface area contributed by atoms with E-state index in [-0.39, 0.29) is 12.0 Å². The number of hydrogen-bond acceptors (Lipinski definition) is 2. The lowest BCUT2D eigenvalue weighted by Crippen LogP contribution is -2.25. The van der Waals surface area contributed by atoms with Gasteiger partial charge in [0.1, 0.15) is 0 Å². The minimum atomic E-state index is -0.206. The minimum absolute atomic E-state index is 0.170. The van der Waals surface area contributed by atoms with E-state index >= 15 is 0 Å². The molecule has 1 N–H and O–H groups in total. The number of nitrogens with zero attached hydrogens (tertiary/aromatic N) is 1. The van der Waals surface area contributed by atoms with E-state index in [1.54, 1.807) is 0 Å². The highest BCUT2D eigenvalue weighted by Crippen LogP contribution is 2.56. The van der Waals surface area contributed by atoms with E-state index in [2.05, 4.69) is 11.9 Å². The normalized spacial score (nSPS) is 35.5. The van der Waals surface area contributed by atoms with E-state index < -0.39 is 0 Å². The van der Waals surface area contributed by atoms with Crippen LogP contribution in [-0.4, -0.2) is 16.2 Å². The predicted octanol–water partition coefficient (Wildman–Crippen LogP) is 2.59. The van der Waals surface area contributed by atoms with Crippen molar-refractivity contribution in [2.24, 2.45) is 17.8 Å². The van der Waals surface area contributed by atoms with E-state index in [1.165, 1.54) is 19.3 Å². The molecule has 2 aliphatic carbocycles. The maximum absolute atomic E-state index is 10.4. The molecule has 0 saturated heterocycles. The second kappa shape index (κ2) is 3.85. The first-order chi connectivity index (χ1) is 7.75. The minimum Gasteiger partial charge on any atom is -0.392 e. The van der Waals surface area contributed by atoms with Crippen molar-refractivity contribution in [3.8, 4) is 0 Å². The Hall–Kier alpha value is -0.890. The van der Waals surface area contributed by atoms with Crippen LogP contribution < -0.4 is 0 Å². The molecule has 2 heteroatoms. The molecule has 0 bridgehead atoms. The molecule has 1 aromatic heterocycles. The number of aliphatic hydroxyl groups excluding tert-OH is 1. The number of rotatable bonds is 3. The lowest BCUT2D eigenvalue weighted by molar-refractivity contribution is 0.0808. The van der Waals surface area contributed by atoms with Crippen molar-refractivity contribution in [3.05, 3.63) is 30.1 Å². The molecule has 1 aromatic rings. The fourth-order valence-electron chi connectivity index (χ4n) is 3.27. The van der Waals surface area contributed by atoms with E-state index in [4.69, 9.17) is 0 Å². The summed E-state index contributed by atoms with van der Waals surface area (Å²) in [5, 5.41) is 10.4. The number of pyridine rings is 1. The SMILES string of the molecule is CC(c1ccccn1)C(O)C1CC2CC2C1. The van der Waals surface area contributed by atoms with Gasteiger partial charge in [-0.25, -0.2) is 0 Å². The van der Waals surface area contributed by atoms with Crippen LogP contribution in [0.15, 0.2) is 24.4 Å². The highest BCUT2D eigenvalue weighted by molar-refractivity contribution is 5.12. The van der Waals surface area contributed by atoms with Gasteiger partial charge in [0, 0.05) is 17.8 Å². The largest absolute Gasteiger partial charge is 0.392 e. The Kier molecular flexibility index (Phi) is 2.47. The van der Waals surface area contributed by atoms with Gasteiger partial charge in [-0.3, -0.25) is 4.98 Å². The summed E-state index contributed by atoms with van der Waals surface area (Å²) in [6, 6.07) is 5.94. The van der Waals surface area contributed by atoms with Crippen molar-refractivity contribution in [3.63, 3.8) is 0 Å². The molecule has 86 valence electrons. The maximum Gasteiger partial charge on any atom is 0.0649 e. The molecule has 1 heterocycles. The van der Waals surface area contributed by atoms with Crippen LogP contribution in [0.3, 0.4) is 0 Å². The Balaban J connectivity index is 1.68. The zero-order valence-corrected chi connectivity index (χ0v) is 9.71. The molecule has 2 fully saturated rings. The van der Waals surface area contributed by atoms with Crippen molar-refractivity contribution >= 4 is 0 Å². The molecular weight excluding hydrogens is 198 g/mol. The van der Waals surface area contributed by atoms with Crippen LogP contribution in [-0.2, 0) is 0 Å². The first-order valence-corrected chi connectivity index (χ1v) is 6.34. The van der Waals surface area contributed by atoms with Gasteiger partial charge in [-0.05, 0) is 49.1 Å². The third-order valence-electron chi connectivity index (χ3n) is 4.43.